The minimum absolute atomic E-state index is 0.0865. The minimum atomic E-state index is -0.128. The number of carbonyl (C=O) groups excluding carboxylic acids is 2. The fourth-order valence-corrected chi connectivity index (χ4v) is 2.87. The smallest absolute Gasteiger partial charge is 0.246 e. The van der Waals surface area contributed by atoms with Crippen LogP contribution < -0.4 is 5.32 Å². The number of para-hydroxylation sites is 2. The molecule has 6 nitrogen and oxygen atoms in total. The quantitative estimate of drug-likeness (QED) is 0.516. The minimum Gasteiger partial charge on any atom is -0.352 e. The maximum atomic E-state index is 12.6. The second-order valence-corrected chi connectivity index (χ2v) is 6.91. The molecule has 2 aromatic rings. The summed E-state index contributed by atoms with van der Waals surface area (Å²) in [6, 6.07) is 7.87. The number of hydrogen-bond donors (Lipinski definition) is 1. The Hall–Kier alpha value is -2.63. The monoisotopic (exact) mass is 370 g/mol. The fraction of sp³-hybridized carbons (Fsp3) is 0.476. The summed E-state index contributed by atoms with van der Waals surface area (Å²) in [5.41, 5.74) is 2.36. The first kappa shape index (κ1) is 20.7. The average Bonchev–Trinajstić information content (AvgIpc) is 3.00. The summed E-state index contributed by atoms with van der Waals surface area (Å²) < 4.78 is 2.00. The number of nitrogens with one attached hydrogen (secondary N) is 1. The Morgan fingerprint density at radius 1 is 1.26 bits per heavy atom. The van der Waals surface area contributed by atoms with E-state index >= 15 is 0 Å². The van der Waals surface area contributed by atoms with E-state index in [0.29, 0.717) is 18.5 Å². The van der Waals surface area contributed by atoms with Gasteiger partial charge in [-0.05, 0) is 31.9 Å². The molecular formula is C21H30N4O2. The van der Waals surface area contributed by atoms with E-state index in [1.54, 1.807) is 11.8 Å². The van der Waals surface area contributed by atoms with Crippen molar-refractivity contribution in [1.82, 2.24) is 19.8 Å². The molecule has 0 atom stereocenters. The number of amides is 2. The molecule has 0 bridgehead atoms. The van der Waals surface area contributed by atoms with Crippen molar-refractivity contribution < 1.29 is 9.59 Å². The number of benzene rings is 1. The van der Waals surface area contributed by atoms with Gasteiger partial charge in [-0.1, -0.05) is 32.1 Å². The number of unbranched alkanes of at least 4 members (excludes halogenated alkanes) is 1. The topological polar surface area (TPSA) is 67.2 Å². The highest BCUT2D eigenvalue weighted by Gasteiger charge is 2.15. The molecule has 2 rings (SSSR count). The zero-order valence-corrected chi connectivity index (χ0v) is 16.6. The van der Waals surface area contributed by atoms with Gasteiger partial charge < -0.3 is 14.8 Å². The van der Waals surface area contributed by atoms with E-state index in [1.807, 2.05) is 35.9 Å². The largest absolute Gasteiger partial charge is 0.352 e. The molecule has 0 unspecified atom stereocenters. The Morgan fingerprint density at radius 3 is 2.70 bits per heavy atom. The molecule has 0 aliphatic rings. The van der Waals surface area contributed by atoms with Crippen molar-refractivity contribution in [3.05, 3.63) is 42.2 Å². The van der Waals surface area contributed by atoms with Crippen LogP contribution >= 0.6 is 0 Å². The summed E-state index contributed by atoms with van der Waals surface area (Å²) in [5, 5.41) is 2.84. The maximum absolute atomic E-state index is 12.6. The second-order valence-electron chi connectivity index (χ2n) is 6.91. The lowest BCUT2D eigenvalue weighted by molar-refractivity contribution is -0.130. The van der Waals surface area contributed by atoms with Gasteiger partial charge in [-0.25, -0.2) is 4.98 Å². The SMILES string of the molecule is C=C(C)C(=O)NCCCc1nc2ccccc2n1CC(=O)N(C)CCCC. The van der Waals surface area contributed by atoms with Crippen LogP contribution in [0.25, 0.3) is 11.0 Å². The Bertz CT molecular complexity index is 810. The van der Waals surface area contributed by atoms with Gasteiger partial charge in [-0.15, -0.1) is 0 Å². The number of carbonyl (C=O) groups is 2. The van der Waals surface area contributed by atoms with Gasteiger partial charge in [0.05, 0.1) is 11.0 Å². The lowest BCUT2D eigenvalue weighted by Gasteiger charge is -2.18. The predicted molar refractivity (Wildman–Crippen MR) is 108 cm³/mol. The first-order valence-corrected chi connectivity index (χ1v) is 9.55. The van der Waals surface area contributed by atoms with E-state index in [9.17, 15) is 9.59 Å². The van der Waals surface area contributed by atoms with E-state index in [1.165, 1.54) is 0 Å². The Labute approximate surface area is 161 Å². The molecule has 146 valence electrons. The van der Waals surface area contributed by atoms with Crippen LogP contribution in [-0.2, 0) is 22.6 Å². The molecule has 0 saturated heterocycles. The highest BCUT2D eigenvalue weighted by Crippen LogP contribution is 2.17. The third kappa shape index (κ3) is 5.67. The van der Waals surface area contributed by atoms with Gasteiger partial charge in [0.1, 0.15) is 12.4 Å². The molecule has 0 radical (unpaired) electrons. The van der Waals surface area contributed by atoms with Crippen molar-refractivity contribution in [2.24, 2.45) is 0 Å². The highest BCUT2D eigenvalue weighted by atomic mass is 16.2. The van der Waals surface area contributed by atoms with Gasteiger partial charge in [-0.3, -0.25) is 9.59 Å². The zero-order chi connectivity index (χ0) is 19.8. The molecular weight excluding hydrogens is 340 g/mol. The number of fused-ring (bicyclic) bond motifs is 1. The van der Waals surface area contributed by atoms with E-state index in [2.05, 4.69) is 18.8 Å². The summed E-state index contributed by atoms with van der Waals surface area (Å²) in [7, 11) is 1.85. The molecule has 6 heteroatoms. The zero-order valence-electron chi connectivity index (χ0n) is 16.6. The van der Waals surface area contributed by atoms with Crippen LogP contribution in [0.2, 0.25) is 0 Å². The normalized spacial score (nSPS) is 10.8. The number of aryl methyl sites for hydroxylation is 1. The van der Waals surface area contributed by atoms with Crippen LogP contribution in [0.1, 0.15) is 38.9 Å². The van der Waals surface area contributed by atoms with E-state index in [0.717, 1.165) is 42.7 Å². The standard InChI is InChI=1S/C21H30N4O2/c1-5-6-14-24(4)20(26)15-25-18-11-8-7-10-17(18)23-19(25)12-9-13-22-21(27)16(2)3/h7-8,10-11H,2,5-6,9,12-15H2,1,3-4H3,(H,22,27). The number of nitrogens with zero attached hydrogens (tertiary/aromatic N) is 3. The van der Waals surface area contributed by atoms with E-state index in [4.69, 9.17) is 4.98 Å². The van der Waals surface area contributed by atoms with Crippen LogP contribution in [0.4, 0.5) is 0 Å². The fourth-order valence-electron chi connectivity index (χ4n) is 2.87. The van der Waals surface area contributed by atoms with Crippen molar-refractivity contribution in [2.45, 2.75) is 46.1 Å². The van der Waals surface area contributed by atoms with Crippen LogP contribution in [0, 0.1) is 0 Å². The molecule has 1 heterocycles. The number of imidazole rings is 1. The van der Waals surface area contributed by atoms with Crippen LogP contribution in [-0.4, -0.2) is 46.4 Å². The van der Waals surface area contributed by atoms with E-state index in [-0.39, 0.29) is 18.4 Å². The number of rotatable bonds is 10. The first-order valence-electron chi connectivity index (χ1n) is 9.55. The lowest BCUT2D eigenvalue weighted by atomic mass is 10.2. The van der Waals surface area contributed by atoms with Crippen LogP contribution in [0.5, 0.6) is 0 Å². The first-order chi connectivity index (χ1) is 12.9. The molecule has 2 amide bonds. The number of aromatic nitrogens is 2. The summed E-state index contributed by atoms with van der Waals surface area (Å²) in [4.78, 5) is 30.7. The molecule has 1 aromatic carbocycles. The predicted octanol–water partition coefficient (Wildman–Crippen LogP) is 2.92. The molecule has 1 N–H and O–H groups in total. The highest BCUT2D eigenvalue weighted by molar-refractivity contribution is 5.92. The van der Waals surface area contributed by atoms with Gasteiger partial charge in [0.15, 0.2) is 0 Å². The summed E-state index contributed by atoms with van der Waals surface area (Å²) >= 11 is 0. The lowest BCUT2D eigenvalue weighted by Crippen LogP contribution is -2.31. The molecule has 1 aromatic heterocycles. The maximum Gasteiger partial charge on any atom is 0.246 e. The van der Waals surface area contributed by atoms with Gasteiger partial charge in [0.25, 0.3) is 0 Å². The number of hydrogen-bond acceptors (Lipinski definition) is 3. The summed E-state index contributed by atoms with van der Waals surface area (Å²) in [6.07, 6.45) is 3.51. The molecule has 0 fully saturated rings. The third-order valence-electron chi connectivity index (χ3n) is 4.55. The Kier molecular flexibility index (Phi) is 7.58. The molecule has 0 aliphatic heterocycles. The second kappa shape index (κ2) is 9.90. The van der Waals surface area contributed by atoms with Crippen molar-refractivity contribution in [3.63, 3.8) is 0 Å². The van der Waals surface area contributed by atoms with Crippen LogP contribution in [0.15, 0.2) is 36.4 Å². The Morgan fingerprint density at radius 2 is 2.00 bits per heavy atom. The molecule has 0 spiro atoms. The van der Waals surface area contributed by atoms with Gasteiger partial charge in [0.2, 0.25) is 11.8 Å². The van der Waals surface area contributed by atoms with Gasteiger partial charge >= 0.3 is 0 Å². The average molecular weight is 370 g/mol. The summed E-state index contributed by atoms with van der Waals surface area (Å²) in [6.45, 7) is 9.05. The third-order valence-corrected chi connectivity index (χ3v) is 4.55. The van der Waals surface area contributed by atoms with Crippen molar-refractivity contribution in [1.29, 1.82) is 0 Å². The van der Waals surface area contributed by atoms with Gasteiger partial charge in [0, 0.05) is 32.1 Å². The van der Waals surface area contributed by atoms with Crippen molar-refractivity contribution in [2.75, 3.05) is 20.1 Å². The Balaban J connectivity index is 2.09. The van der Waals surface area contributed by atoms with Crippen LogP contribution in [0.3, 0.4) is 0 Å². The number of likely N-dealkylation sites (N-methyl/N-ethyl adjacent to an activating group) is 1. The van der Waals surface area contributed by atoms with Gasteiger partial charge in [-0.2, -0.15) is 0 Å². The van der Waals surface area contributed by atoms with Crippen molar-refractivity contribution >= 4 is 22.8 Å². The van der Waals surface area contributed by atoms with E-state index < -0.39 is 0 Å². The summed E-state index contributed by atoms with van der Waals surface area (Å²) in [5.74, 6) is 0.831. The molecule has 0 aliphatic carbocycles. The van der Waals surface area contributed by atoms with Crippen molar-refractivity contribution in [3.8, 4) is 0 Å². The molecule has 0 saturated carbocycles. The molecule has 27 heavy (non-hydrogen) atoms.